The number of carbonyl (C=O) groups excluding carboxylic acids is 1. The highest BCUT2D eigenvalue weighted by Crippen LogP contribution is 2.07. The minimum Gasteiger partial charge on any atom is -0.477 e. The number of carbonyl (C=O) groups is 2. The number of nitrogens with one attached hydrogen (secondary N) is 1. The number of rotatable bonds is 5. The van der Waals surface area contributed by atoms with Gasteiger partial charge in [-0.3, -0.25) is 4.79 Å². The van der Waals surface area contributed by atoms with E-state index in [2.05, 4.69) is 16.9 Å². The van der Waals surface area contributed by atoms with Crippen LogP contribution >= 0.6 is 0 Å². The van der Waals surface area contributed by atoms with Crippen LogP contribution in [-0.2, 0) is 4.79 Å². The number of aromatic carboxylic acids is 1. The van der Waals surface area contributed by atoms with Crippen molar-refractivity contribution in [2.24, 2.45) is 0 Å². The zero-order valence-corrected chi connectivity index (χ0v) is 8.64. The van der Waals surface area contributed by atoms with Crippen molar-refractivity contribution < 1.29 is 14.7 Å². The van der Waals surface area contributed by atoms with E-state index in [1.54, 1.807) is 6.08 Å². The van der Waals surface area contributed by atoms with Crippen LogP contribution < -0.4 is 5.32 Å². The second-order valence-corrected chi connectivity index (χ2v) is 3.11. The summed E-state index contributed by atoms with van der Waals surface area (Å²) >= 11 is 0. The number of hydrogen-bond donors (Lipinski definition) is 2. The second-order valence-electron chi connectivity index (χ2n) is 3.11. The molecule has 5 heteroatoms. The summed E-state index contributed by atoms with van der Waals surface area (Å²) in [6.45, 7) is 3.51. The van der Waals surface area contributed by atoms with Gasteiger partial charge in [0.05, 0.1) is 11.9 Å². The normalized spacial score (nSPS) is 9.50. The van der Waals surface area contributed by atoms with Crippen molar-refractivity contribution in [1.82, 2.24) is 4.98 Å². The van der Waals surface area contributed by atoms with E-state index >= 15 is 0 Å². The minimum atomic E-state index is -1.09. The summed E-state index contributed by atoms with van der Waals surface area (Å²) in [5.74, 6) is -1.24. The molecule has 1 heterocycles. The molecule has 1 amide bonds. The maximum atomic E-state index is 11.3. The van der Waals surface area contributed by atoms with Crippen molar-refractivity contribution in [3.63, 3.8) is 0 Å². The van der Waals surface area contributed by atoms with Crippen LogP contribution in [0.5, 0.6) is 0 Å². The number of anilines is 1. The van der Waals surface area contributed by atoms with Gasteiger partial charge in [0.2, 0.25) is 5.91 Å². The van der Waals surface area contributed by atoms with Gasteiger partial charge in [0, 0.05) is 6.42 Å². The van der Waals surface area contributed by atoms with Crippen molar-refractivity contribution in [2.45, 2.75) is 12.8 Å². The Morgan fingerprint density at radius 2 is 2.25 bits per heavy atom. The third-order valence-electron chi connectivity index (χ3n) is 1.84. The minimum absolute atomic E-state index is 0.0518. The zero-order chi connectivity index (χ0) is 12.0. The van der Waals surface area contributed by atoms with Crippen LogP contribution in [0.4, 0.5) is 5.69 Å². The first-order valence-electron chi connectivity index (χ1n) is 4.73. The monoisotopic (exact) mass is 220 g/mol. The fraction of sp³-hybridized carbons (Fsp3) is 0.182. The molecule has 5 nitrogen and oxygen atoms in total. The third-order valence-corrected chi connectivity index (χ3v) is 1.84. The molecule has 0 spiro atoms. The molecular weight excluding hydrogens is 208 g/mol. The van der Waals surface area contributed by atoms with Gasteiger partial charge in [-0.25, -0.2) is 9.78 Å². The highest BCUT2D eigenvalue weighted by molar-refractivity contribution is 5.91. The Kier molecular flexibility index (Phi) is 4.20. The third kappa shape index (κ3) is 3.53. The van der Waals surface area contributed by atoms with Gasteiger partial charge in [-0.2, -0.15) is 0 Å². The van der Waals surface area contributed by atoms with Gasteiger partial charge in [-0.05, 0) is 18.6 Å². The van der Waals surface area contributed by atoms with Crippen LogP contribution in [0.3, 0.4) is 0 Å². The average molecular weight is 220 g/mol. The molecular formula is C11H12N2O3. The smallest absolute Gasteiger partial charge is 0.354 e. The molecule has 0 saturated carbocycles. The molecule has 2 N–H and O–H groups in total. The van der Waals surface area contributed by atoms with E-state index in [-0.39, 0.29) is 11.6 Å². The van der Waals surface area contributed by atoms with E-state index in [4.69, 9.17) is 5.11 Å². The fourth-order valence-corrected chi connectivity index (χ4v) is 1.05. The molecule has 0 unspecified atom stereocenters. The molecule has 1 aromatic rings. The Morgan fingerprint density at radius 1 is 1.50 bits per heavy atom. The average Bonchev–Trinajstić information content (AvgIpc) is 2.27. The van der Waals surface area contributed by atoms with Crippen LogP contribution in [0, 0.1) is 0 Å². The summed E-state index contributed by atoms with van der Waals surface area (Å²) in [4.78, 5) is 25.5. The summed E-state index contributed by atoms with van der Waals surface area (Å²) in [6, 6.07) is 2.84. The van der Waals surface area contributed by atoms with Gasteiger partial charge < -0.3 is 10.4 Å². The van der Waals surface area contributed by atoms with Gasteiger partial charge in [-0.1, -0.05) is 6.08 Å². The molecule has 0 aromatic carbocycles. The predicted octanol–water partition coefficient (Wildman–Crippen LogP) is 1.68. The molecule has 0 bridgehead atoms. The first-order valence-corrected chi connectivity index (χ1v) is 4.73. The summed E-state index contributed by atoms with van der Waals surface area (Å²) in [6.07, 6.45) is 3.93. The summed E-state index contributed by atoms with van der Waals surface area (Å²) < 4.78 is 0. The highest BCUT2D eigenvalue weighted by Gasteiger charge is 2.05. The second kappa shape index (κ2) is 5.65. The standard InChI is InChI=1S/C11H12N2O3/c1-2-3-4-10(14)13-8-5-6-9(11(15)16)12-7-8/h2,5-7H,1,3-4H2,(H,13,14)(H,15,16). The van der Waals surface area contributed by atoms with Crippen molar-refractivity contribution in [3.8, 4) is 0 Å². The van der Waals surface area contributed by atoms with E-state index in [9.17, 15) is 9.59 Å². The van der Waals surface area contributed by atoms with E-state index in [0.29, 0.717) is 18.5 Å². The molecule has 0 aliphatic rings. The molecule has 0 saturated heterocycles. The van der Waals surface area contributed by atoms with E-state index < -0.39 is 5.97 Å². The largest absolute Gasteiger partial charge is 0.477 e. The van der Waals surface area contributed by atoms with Crippen LogP contribution in [0.2, 0.25) is 0 Å². The van der Waals surface area contributed by atoms with Crippen molar-refractivity contribution in [2.75, 3.05) is 5.32 Å². The summed E-state index contributed by atoms with van der Waals surface area (Å²) in [5.41, 5.74) is 0.433. The number of allylic oxidation sites excluding steroid dienone is 1. The highest BCUT2D eigenvalue weighted by atomic mass is 16.4. The number of carboxylic acids is 1. The van der Waals surface area contributed by atoms with Crippen LogP contribution in [0.1, 0.15) is 23.3 Å². The predicted molar refractivity (Wildman–Crippen MR) is 59.3 cm³/mol. The van der Waals surface area contributed by atoms with Gasteiger partial charge in [0.1, 0.15) is 5.69 Å². The molecule has 84 valence electrons. The molecule has 1 aromatic heterocycles. The van der Waals surface area contributed by atoms with Gasteiger partial charge >= 0.3 is 5.97 Å². The van der Waals surface area contributed by atoms with E-state index in [1.807, 2.05) is 0 Å². The quantitative estimate of drug-likeness (QED) is 0.740. The van der Waals surface area contributed by atoms with Gasteiger partial charge in [0.15, 0.2) is 0 Å². The number of pyridine rings is 1. The summed E-state index contributed by atoms with van der Waals surface area (Å²) in [5, 5.41) is 11.2. The fourth-order valence-electron chi connectivity index (χ4n) is 1.05. The van der Waals surface area contributed by atoms with Crippen molar-refractivity contribution >= 4 is 17.6 Å². The molecule has 0 aliphatic carbocycles. The lowest BCUT2D eigenvalue weighted by atomic mass is 10.3. The molecule has 1 rings (SSSR count). The van der Waals surface area contributed by atoms with Crippen LogP contribution in [0.25, 0.3) is 0 Å². The van der Waals surface area contributed by atoms with E-state index in [0.717, 1.165) is 0 Å². The Labute approximate surface area is 92.8 Å². The van der Waals surface area contributed by atoms with Crippen LogP contribution in [-0.4, -0.2) is 22.0 Å². The molecule has 0 radical (unpaired) electrons. The number of nitrogens with zero attached hydrogens (tertiary/aromatic N) is 1. The number of amides is 1. The topological polar surface area (TPSA) is 79.3 Å². The first-order chi connectivity index (χ1) is 7.63. The maximum Gasteiger partial charge on any atom is 0.354 e. The molecule has 0 fully saturated rings. The van der Waals surface area contributed by atoms with Crippen molar-refractivity contribution in [3.05, 3.63) is 36.7 Å². The van der Waals surface area contributed by atoms with Gasteiger partial charge in [0.25, 0.3) is 0 Å². The molecule has 0 aliphatic heterocycles. The first kappa shape index (κ1) is 11.9. The Morgan fingerprint density at radius 3 is 2.75 bits per heavy atom. The Hall–Kier alpha value is -2.17. The Bertz CT molecular complexity index is 398. The summed E-state index contributed by atoms with van der Waals surface area (Å²) in [7, 11) is 0. The number of aromatic nitrogens is 1. The molecule has 16 heavy (non-hydrogen) atoms. The van der Waals surface area contributed by atoms with Crippen LogP contribution in [0.15, 0.2) is 31.0 Å². The number of hydrogen-bond acceptors (Lipinski definition) is 3. The zero-order valence-electron chi connectivity index (χ0n) is 8.64. The van der Waals surface area contributed by atoms with E-state index in [1.165, 1.54) is 18.3 Å². The maximum absolute atomic E-state index is 11.3. The Balaban J connectivity index is 2.58. The lowest BCUT2D eigenvalue weighted by Crippen LogP contribution is -2.11. The van der Waals surface area contributed by atoms with Crippen molar-refractivity contribution in [1.29, 1.82) is 0 Å². The SMILES string of the molecule is C=CCCC(=O)Nc1ccc(C(=O)O)nc1. The van der Waals surface area contributed by atoms with Gasteiger partial charge in [-0.15, -0.1) is 6.58 Å². The lowest BCUT2D eigenvalue weighted by Gasteiger charge is -2.03. The molecule has 0 atom stereocenters. The lowest BCUT2D eigenvalue weighted by molar-refractivity contribution is -0.116. The number of carboxylic acid groups (broad SMARTS) is 1.